The van der Waals surface area contributed by atoms with Crippen molar-refractivity contribution in [2.75, 3.05) is 0 Å². The van der Waals surface area contributed by atoms with Crippen molar-refractivity contribution in [3.63, 3.8) is 0 Å². The molecule has 8 heteroatoms. The topological polar surface area (TPSA) is 90.0 Å². The Kier molecular flexibility index (Phi) is 6.44. The van der Waals surface area contributed by atoms with E-state index in [0.29, 0.717) is 0 Å². The van der Waals surface area contributed by atoms with Crippen LogP contribution < -0.4 is 0 Å². The number of β-lactam (4-membered cyclic amide) rings is 1. The second kappa shape index (κ2) is 9.07. The van der Waals surface area contributed by atoms with Gasteiger partial charge >= 0.3 is 11.9 Å². The van der Waals surface area contributed by atoms with E-state index in [1.165, 1.54) is 4.90 Å². The molecule has 2 aromatic carbocycles. The molecule has 0 bridgehead atoms. The molecule has 0 saturated carbocycles. The molecule has 3 atom stereocenters. The van der Waals surface area contributed by atoms with E-state index in [1.54, 1.807) is 34.6 Å². The molecule has 2 heterocycles. The van der Waals surface area contributed by atoms with E-state index in [0.717, 1.165) is 17.2 Å². The number of nitrogens with zero attached hydrogens (tertiary/aromatic N) is 1. The minimum Gasteiger partial charge on any atom is -0.457 e. The third kappa shape index (κ3) is 4.67. The van der Waals surface area contributed by atoms with Gasteiger partial charge in [0.25, 0.3) is 5.91 Å². The number of carbonyl (C=O) groups excluding carboxylic acids is 3. The fourth-order valence-electron chi connectivity index (χ4n) is 4.40. The molecule has 2 saturated heterocycles. The summed E-state index contributed by atoms with van der Waals surface area (Å²) in [6.07, 6.45) is 0.397. The molecule has 0 aliphatic carbocycles. The first-order chi connectivity index (χ1) is 16.4. The van der Waals surface area contributed by atoms with Crippen molar-refractivity contribution >= 4 is 28.6 Å². The molecule has 4 rings (SSSR count). The molecule has 0 spiro atoms. The van der Waals surface area contributed by atoms with Gasteiger partial charge in [-0.05, 0) is 45.7 Å². The van der Waals surface area contributed by atoms with Crippen LogP contribution in [-0.4, -0.2) is 48.7 Å². The smallest absolute Gasteiger partial charge is 0.331 e. The van der Waals surface area contributed by atoms with Crippen molar-refractivity contribution in [1.29, 1.82) is 0 Å². The molecular weight excluding hydrogens is 466 g/mol. The zero-order valence-corrected chi connectivity index (χ0v) is 21.2. The summed E-state index contributed by atoms with van der Waals surface area (Å²) in [5.74, 6) is -1.85. The average molecular weight is 496 g/mol. The van der Waals surface area contributed by atoms with E-state index < -0.39 is 56.5 Å². The number of rotatable bonds is 5. The molecule has 7 nitrogen and oxygen atoms in total. The largest absolute Gasteiger partial charge is 0.457 e. The maximum absolute atomic E-state index is 13.6. The van der Waals surface area contributed by atoms with E-state index in [9.17, 15) is 18.6 Å². The quantitative estimate of drug-likeness (QED) is 0.357. The van der Waals surface area contributed by atoms with Gasteiger partial charge in [0, 0.05) is 6.08 Å². The van der Waals surface area contributed by atoms with Crippen LogP contribution in [0.4, 0.5) is 0 Å². The van der Waals surface area contributed by atoms with Gasteiger partial charge < -0.3 is 14.4 Å². The van der Waals surface area contributed by atoms with Gasteiger partial charge in [0.1, 0.15) is 17.0 Å². The number of hydrogen-bond acceptors (Lipinski definition) is 6. The van der Waals surface area contributed by atoms with Gasteiger partial charge in [0.05, 0.1) is 21.1 Å². The first kappa shape index (κ1) is 24.9. The summed E-state index contributed by atoms with van der Waals surface area (Å²) in [4.78, 5) is 40.1. The normalized spacial score (nSPS) is 24.2. The minimum atomic E-state index is -1.64. The third-order valence-corrected chi connectivity index (χ3v) is 8.15. The number of ether oxygens (including phenoxy) is 2. The van der Waals surface area contributed by atoms with Crippen molar-refractivity contribution in [2.45, 2.75) is 62.5 Å². The molecule has 35 heavy (non-hydrogen) atoms. The second-order valence-electron chi connectivity index (χ2n) is 10.1. The zero-order valence-electron chi connectivity index (χ0n) is 20.4. The predicted octanol–water partition coefficient (Wildman–Crippen LogP) is 3.67. The first-order valence-corrected chi connectivity index (χ1v) is 12.6. The molecule has 1 unspecified atom stereocenters. The lowest BCUT2D eigenvalue weighted by Crippen LogP contribution is -2.59. The first-order valence-electron chi connectivity index (χ1n) is 11.4. The Bertz CT molecular complexity index is 1160. The fraction of sp³-hybridized carbons (Fsp3) is 0.370. The predicted molar refractivity (Wildman–Crippen MR) is 131 cm³/mol. The summed E-state index contributed by atoms with van der Waals surface area (Å²) in [5.41, 5.74) is 0.913. The van der Waals surface area contributed by atoms with Gasteiger partial charge in [-0.25, -0.2) is 9.59 Å². The van der Waals surface area contributed by atoms with Crippen LogP contribution in [-0.2, 0) is 34.7 Å². The molecule has 2 fully saturated rings. The Labute approximate surface area is 207 Å². The summed E-state index contributed by atoms with van der Waals surface area (Å²) in [5, 5.41) is -0.866. The average Bonchev–Trinajstić information content (AvgIpc) is 2.99. The van der Waals surface area contributed by atoms with Gasteiger partial charge in [0.15, 0.2) is 6.10 Å². The third-order valence-electron chi connectivity index (χ3n) is 6.00. The van der Waals surface area contributed by atoms with Crippen LogP contribution in [0.15, 0.2) is 72.3 Å². The Morgan fingerprint density at radius 1 is 1.00 bits per heavy atom. The van der Waals surface area contributed by atoms with Crippen molar-refractivity contribution in [3.05, 3.63) is 83.4 Å². The van der Waals surface area contributed by atoms with Crippen LogP contribution in [0.5, 0.6) is 0 Å². The highest BCUT2D eigenvalue weighted by Crippen LogP contribution is 2.47. The maximum atomic E-state index is 13.6. The summed E-state index contributed by atoms with van der Waals surface area (Å²) in [6.45, 7) is 8.50. The highest BCUT2D eigenvalue weighted by Gasteiger charge is 2.66. The summed E-state index contributed by atoms with van der Waals surface area (Å²) in [7, 11) is -1.64. The Balaban J connectivity index is 1.62. The lowest BCUT2D eigenvalue weighted by molar-refractivity contribution is -0.160. The van der Waals surface area contributed by atoms with Crippen molar-refractivity contribution in [2.24, 2.45) is 0 Å². The van der Waals surface area contributed by atoms with E-state index in [4.69, 9.17) is 9.47 Å². The number of fused-ring (bicyclic) bond motifs is 1. The Morgan fingerprint density at radius 3 is 2.00 bits per heavy atom. The maximum Gasteiger partial charge on any atom is 0.331 e. The standard InChI is InChI=1S/C27H29NO6S/c1-26(2,3)34-20(29)16-19-23(30)28-22(27(4,5)35(32)24(19)28)25(31)33-21(17-12-8-6-9-13-17)18-14-10-7-11-15-18/h6-16,21-22,24H,1-5H3/b19-16-/t22-,24+,35?/m0/s1. The van der Waals surface area contributed by atoms with Crippen LogP contribution in [0.3, 0.4) is 0 Å². The van der Waals surface area contributed by atoms with Crippen molar-refractivity contribution in [3.8, 4) is 0 Å². The molecular formula is C27H29NO6S. The lowest BCUT2D eigenvalue weighted by Gasteiger charge is -2.39. The summed E-state index contributed by atoms with van der Waals surface area (Å²) >= 11 is 0. The SMILES string of the molecule is CC(C)(C)OC(=O)/C=C1/C(=O)N2[C@@H]1S(=O)C(C)(C)[C@@H]2C(=O)OC(c1ccccc1)c1ccccc1. The minimum absolute atomic E-state index is 0.0867. The molecule has 0 radical (unpaired) electrons. The van der Waals surface area contributed by atoms with Crippen LogP contribution in [0.2, 0.25) is 0 Å². The Hall–Kier alpha value is -3.26. The summed E-state index contributed by atoms with van der Waals surface area (Å²) < 4.78 is 23.6. The van der Waals surface area contributed by atoms with Gasteiger partial charge in [-0.3, -0.25) is 9.00 Å². The van der Waals surface area contributed by atoms with Gasteiger partial charge in [-0.1, -0.05) is 60.7 Å². The molecule has 0 aromatic heterocycles. The monoisotopic (exact) mass is 495 g/mol. The lowest BCUT2D eigenvalue weighted by atomic mass is 9.95. The molecule has 2 aliphatic rings. The van der Waals surface area contributed by atoms with E-state index in [2.05, 4.69) is 0 Å². The number of amides is 1. The van der Waals surface area contributed by atoms with E-state index in [1.807, 2.05) is 60.7 Å². The van der Waals surface area contributed by atoms with Gasteiger partial charge in [0.2, 0.25) is 0 Å². The van der Waals surface area contributed by atoms with Gasteiger partial charge in [-0.15, -0.1) is 0 Å². The number of carbonyl (C=O) groups is 3. The zero-order chi connectivity index (χ0) is 25.5. The van der Waals surface area contributed by atoms with Crippen LogP contribution in [0.1, 0.15) is 51.8 Å². The Morgan fingerprint density at radius 2 is 1.51 bits per heavy atom. The molecule has 184 valence electrons. The van der Waals surface area contributed by atoms with E-state index >= 15 is 0 Å². The van der Waals surface area contributed by atoms with Crippen LogP contribution in [0.25, 0.3) is 0 Å². The van der Waals surface area contributed by atoms with Crippen molar-refractivity contribution in [1.82, 2.24) is 4.90 Å². The van der Waals surface area contributed by atoms with Crippen molar-refractivity contribution < 1.29 is 28.1 Å². The highest BCUT2D eigenvalue weighted by atomic mass is 32.2. The van der Waals surface area contributed by atoms with Gasteiger partial charge in [-0.2, -0.15) is 0 Å². The number of esters is 2. The molecule has 2 aromatic rings. The number of benzene rings is 2. The number of hydrogen-bond donors (Lipinski definition) is 0. The summed E-state index contributed by atoms with van der Waals surface area (Å²) in [6, 6.07) is 17.6. The second-order valence-corrected chi connectivity index (χ2v) is 12.2. The van der Waals surface area contributed by atoms with Crippen LogP contribution >= 0.6 is 0 Å². The molecule has 1 amide bonds. The fourth-order valence-corrected chi connectivity index (χ4v) is 6.23. The van der Waals surface area contributed by atoms with Crippen LogP contribution in [0, 0.1) is 0 Å². The molecule has 2 aliphatic heterocycles. The highest BCUT2D eigenvalue weighted by molar-refractivity contribution is 7.87. The van der Waals surface area contributed by atoms with E-state index in [-0.39, 0.29) is 5.57 Å². The molecule has 0 N–H and O–H groups in total.